The molecule has 0 saturated carbocycles. The Morgan fingerprint density at radius 3 is 2.30 bits per heavy atom. The van der Waals surface area contributed by atoms with Gasteiger partial charge in [0.05, 0.1) is 11.9 Å². The summed E-state index contributed by atoms with van der Waals surface area (Å²) in [5, 5.41) is 1.92. The van der Waals surface area contributed by atoms with Gasteiger partial charge in [-0.3, -0.25) is 0 Å². The zero-order valence-corrected chi connectivity index (χ0v) is 11.7. The largest absolute Gasteiger partial charge is 0.397 e. The maximum atomic E-state index is 5.96. The van der Waals surface area contributed by atoms with Crippen LogP contribution in [0.2, 0.25) is 0 Å². The van der Waals surface area contributed by atoms with E-state index in [-0.39, 0.29) is 7.43 Å². The Kier molecular flexibility index (Phi) is 5.62. The second kappa shape index (κ2) is 6.98. The van der Waals surface area contributed by atoms with E-state index in [0.717, 1.165) is 36.7 Å². The third-order valence-electron chi connectivity index (χ3n) is 3.29. The van der Waals surface area contributed by atoms with Crippen molar-refractivity contribution in [3.63, 3.8) is 0 Å². The van der Waals surface area contributed by atoms with Gasteiger partial charge in [0.1, 0.15) is 5.82 Å². The number of anilines is 3. The number of nitrogens with two attached hydrogens (primary N) is 2. The van der Waals surface area contributed by atoms with E-state index in [0.29, 0.717) is 11.5 Å². The van der Waals surface area contributed by atoms with E-state index in [4.69, 9.17) is 11.5 Å². The van der Waals surface area contributed by atoms with Crippen molar-refractivity contribution in [1.29, 1.82) is 0 Å². The maximum absolute atomic E-state index is 5.96. The third kappa shape index (κ3) is 3.13. The number of benzene rings is 1. The molecule has 1 aromatic carbocycles. The smallest absolute Gasteiger partial charge is 0.131 e. The maximum Gasteiger partial charge on any atom is 0.131 e. The highest BCUT2D eigenvalue weighted by molar-refractivity contribution is 6.00. The molecule has 0 amide bonds. The highest BCUT2D eigenvalue weighted by Gasteiger charge is 2.08. The first-order chi connectivity index (χ1) is 9.17. The predicted octanol–water partition coefficient (Wildman–Crippen LogP) is 3.66. The van der Waals surface area contributed by atoms with Crippen molar-refractivity contribution in [2.45, 2.75) is 34.1 Å². The van der Waals surface area contributed by atoms with Gasteiger partial charge >= 0.3 is 0 Å². The van der Waals surface area contributed by atoms with Crippen molar-refractivity contribution in [2.24, 2.45) is 0 Å². The van der Waals surface area contributed by atoms with E-state index >= 15 is 0 Å². The second-order valence-electron chi connectivity index (χ2n) is 4.82. The van der Waals surface area contributed by atoms with Crippen LogP contribution in [-0.4, -0.2) is 18.1 Å². The zero-order chi connectivity index (χ0) is 13.8. The van der Waals surface area contributed by atoms with Gasteiger partial charge in [-0.25, -0.2) is 4.98 Å². The molecule has 0 aliphatic rings. The molecule has 4 heteroatoms. The molecule has 0 spiro atoms. The van der Waals surface area contributed by atoms with Crippen LogP contribution in [0, 0.1) is 0 Å². The van der Waals surface area contributed by atoms with E-state index < -0.39 is 0 Å². The molecular weight excluding hydrogens is 248 g/mol. The molecular formula is C16H26N4. The van der Waals surface area contributed by atoms with Gasteiger partial charge < -0.3 is 16.4 Å². The summed E-state index contributed by atoms with van der Waals surface area (Å²) in [4.78, 5) is 6.51. The van der Waals surface area contributed by atoms with Crippen molar-refractivity contribution in [3.05, 3.63) is 24.4 Å². The summed E-state index contributed by atoms with van der Waals surface area (Å²) in [6, 6.07) is 6.25. The number of rotatable bonds is 5. The molecule has 20 heavy (non-hydrogen) atoms. The lowest BCUT2D eigenvalue weighted by Gasteiger charge is -2.24. The highest BCUT2D eigenvalue weighted by Crippen LogP contribution is 2.29. The van der Waals surface area contributed by atoms with Gasteiger partial charge in [-0.05, 0) is 25.0 Å². The van der Waals surface area contributed by atoms with E-state index in [1.165, 1.54) is 5.69 Å². The first-order valence-corrected chi connectivity index (χ1v) is 6.86. The summed E-state index contributed by atoms with van der Waals surface area (Å²) in [6.07, 6.45) is 3.87. The summed E-state index contributed by atoms with van der Waals surface area (Å²) >= 11 is 0. The minimum atomic E-state index is 0. The first-order valence-electron chi connectivity index (χ1n) is 6.86. The molecule has 0 unspecified atom stereocenters. The molecule has 0 aliphatic carbocycles. The summed E-state index contributed by atoms with van der Waals surface area (Å²) in [5.74, 6) is 0.541. The molecule has 0 aliphatic heterocycles. The zero-order valence-electron chi connectivity index (χ0n) is 11.7. The monoisotopic (exact) mass is 274 g/mol. The first kappa shape index (κ1) is 16.1. The van der Waals surface area contributed by atoms with E-state index in [9.17, 15) is 0 Å². The minimum absolute atomic E-state index is 0. The molecule has 1 heterocycles. The lowest BCUT2D eigenvalue weighted by molar-refractivity contribution is 0.745. The van der Waals surface area contributed by atoms with Gasteiger partial charge in [-0.15, -0.1) is 0 Å². The Labute approximate surface area is 121 Å². The Balaban J connectivity index is 0.00000200. The average Bonchev–Trinajstić information content (AvgIpc) is 2.42. The van der Waals surface area contributed by atoms with Gasteiger partial charge in [-0.1, -0.05) is 27.3 Å². The molecule has 0 saturated heterocycles. The Morgan fingerprint density at radius 1 is 1.05 bits per heavy atom. The fraction of sp³-hybridized carbons (Fsp3) is 0.438. The number of hydrogen-bond donors (Lipinski definition) is 2. The third-order valence-corrected chi connectivity index (χ3v) is 3.29. The van der Waals surface area contributed by atoms with Crippen LogP contribution in [0.5, 0.6) is 0 Å². The van der Waals surface area contributed by atoms with Crippen molar-refractivity contribution in [1.82, 2.24) is 4.98 Å². The number of aromatic nitrogens is 1. The molecule has 4 N–H and O–H groups in total. The lowest BCUT2D eigenvalue weighted by atomic mass is 10.1. The molecule has 1 aromatic heterocycles. The van der Waals surface area contributed by atoms with Crippen molar-refractivity contribution < 1.29 is 0 Å². The minimum Gasteiger partial charge on any atom is -0.397 e. The second-order valence-corrected chi connectivity index (χ2v) is 4.82. The SMILES string of the molecule is C.CCCN(CCC)c1ccc2c(N)cnc(N)c2c1. The van der Waals surface area contributed by atoms with Crippen LogP contribution in [-0.2, 0) is 0 Å². The topological polar surface area (TPSA) is 68.2 Å². The van der Waals surface area contributed by atoms with Gasteiger partial charge in [0.15, 0.2) is 0 Å². The van der Waals surface area contributed by atoms with Gasteiger partial charge in [-0.2, -0.15) is 0 Å². The number of pyridine rings is 1. The van der Waals surface area contributed by atoms with Crippen molar-refractivity contribution in [3.8, 4) is 0 Å². The normalized spacial score (nSPS) is 10.3. The Morgan fingerprint density at radius 2 is 1.70 bits per heavy atom. The van der Waals surface area contributed by atoms with Crippen LogP contribution < -0.4 is 16.4 Å². The molecule has 0 fully saturated rings. The van der Waals surface area contributed by atoms with Crippen LogP contribution in [0.25, 0.3) is 10.8 Å². The quantitative estimate of drug-likeness (QED) is 0.873. The van der Waals surface area contributed by atoms with E-state index in [1.807, 2.05) is 6.07 Å². The van der Waals surface area contributed by atoms with Crippen LogP contribution in [0.15, 0.2) is 24.4 Å². The van der Waals surface area contributed by atoms with Crippen LogP contribution in [0.3, 0.4) is 0 Å². The van der Waals surface area contributed by atoms with E-state index in [2.05, 4.69) is 35.9 Å². The molecule has 4 nitrogen and oxygen atoms in total. The molecule has 0 atom stereocenters. The number of fused-ring (bicyclic) bond motifs is 1. The Hall–Kier alpha value is -1.97. The van der Waals surface area contributed by atoms with E-state index in [1.54, 1.807) is 6.20 Å². The standard InChI is InChI=1S/C15H22N4.CH4/c1-3-7-19(8-4-2)11-5-6-12-13(9-11)15(17)18-10-14(12)16;/h5-6,9-10H,3-4,7-8,16H2,1-2H3,(H2,17,18);1H4. The van der Waals surface area contributed by atoms with Crippen molar-refractivity contribution >= 4 is 28.0 Å². The van der Waals surface area contributed by atoms with Crippen LogP contribution in [0.4, 0.5) is 17.2 Å². The lowest BCUT2D eigenvalue weighted by Crippen LogP contribution is -2.24. The fourth-order valence-corrected chi connectivity index (χ4v) is 2.38. The average molecular weight is 274 g/mol. The molecule has 110 valence electrons. The van der Waals surface area contributed by atoms with Gasteiger partial charge in [0.25, 0.3) is 0 Å². The number of hydrogen-bond acceptors (Lipinski definition) is 4. The predicted molar refractivity (Wildman–Crippen MR) is 90.1 cm³/mol. The van der Waals surface area contributed by atoms with Gasteiger partial charge in [0.2, 0.25) is 0 Å². The summed E-state index contributed by atoms with van der Waals surface area (Å²) in [6.45, 7) is 6.49. The highest BCUT2D eigenvalue weighted by atomic mass is 15.1. The fourth-order valence-electron chi connectivity index (χ4n) is 2.38. The summed E-state index contributed by atoms with van der Waals surface area (Å²) in [7, 11) is 0. The van der Waals surface area contributed by atoms with Gasteiger partial charge in [0, 0.05) is 29.5 Å². The molecule has 2 rings (SSSR count). The Bertz CT molecular complexity index is 560. The molecule has 0 radical (unpaired) electrons. The molecule has 2 aromatic rings. The summed E-state index contributed by atoms with van der Waals surface area (Å²) in [5.41, 5.74) is 13.8. The number of nitrogens with zero attached hydrogens (tertiary/aromatic N) is 2. The summed E-state index contributed by atoms with van der Waals surface area (Å²) < 4.78 is 0. The van der Waals surface area contributed by atoms with Crippen LogP contribution >= 0.6 is 0 Å². The number of nitrogen functional groups attached to an aromatic ring is 2. The van der Waals surface area contributed by atoms with Crippen molar-refractivity contribution in [2.75, 3.05) is 29.5 Å². The van der Waals surface area contributed by atoms with Crippen LogP contribution in [0.1, 0.15) is 34.1 Å². The molecule has 0 bridgehead atoms.